The average Bonchev–Trinajstić information content (AvgIpc) is 3.58. The predicted octanol–water partition coefficient (Wildman–Crippen LogP) is -2.92. The molecule has 22 heteroatoms. The molecule has 4 heterocycles. The van der Waals surface area contributed by atoms with E-state index in [4.69, 9.17) is 0 Å². The minimum absolute atomic E-state index is 0.0375. The van der Waals surface area contributed by atoms with Gasteiger partial charge in [-0.25, -0.2) is 9.13 Å². The molecular weight excluding hydrogens is 688 g/mol. The summed E-state index contributed by atoms with van der Waals surface area (Å²) in [5.74, 6) is 0. The number of fused-ring (bicyclic) bond motifs is 4. The SMILES string of the molecule is O=c1c2cc3c(=O)n(-c4cc(-n5c(=O)c6cc7c(=O)n(O)c(=O)c7cc6c5=O)c(S(=O)(=O)O)cc4S(=O)(=O)O)c(=O)c3cc2c(=O)n1O. The molecule has 0 saturated carbocycles. The number of nitrogens with zero attached hydrogens (tertiary/aromatic N) is 4. The van der Waals surface area contributed by atoms with Gasteiger partial charge >= 0.3 is 0 Å². The van der Waals surface area contributed by atoms with Gasteiger partial charge in [0.05, 0.1) is 54.5 Å². The minimum atomic E-state index is -5.63. The van der Waals surface area contributed by atoms with Crippen LogP contribution in [0.25, 0.3) is 54.5 Å². The molecule has 242 valence electrons. The molecule has 0 fully saturated rings. The second kappa shape index (κ2) is 9.13. The van der Waals surface area contributed by atoms with Gasteiger partial charge in [-0.15, -0.1) is 9.46 Å². The summed E-state index contributed by atoms with van der Waals surface area (Å²) < 4.78 is 69.4. The van der Waals surface area contributed by atoms with Crippen LogP contribution in [0.4, 0.5) is 0 Å². The summed E-state index contributed by atoms with van der Waals surface area (Å²) in [6.07, 6.45) is 0. The first-order valence-electron chi connectivity index (χ1n) is 12.7. The van der Waals surface area contributed by atoms with E-state index < -0.39 is 129 Å². The topological polar surface area (TPSA) is 305 Å². The molecule has 0 saturated heterocycles. The van der Waals surface area contributed by atoms with Crippen molar-refractivity contribution < 1.29 is 36.4 Å². The van der Waals surface area contributed by atoms with Crippen LogP contribution >= 0.6 is 0 Å². The molecule has 4 N–H and O–H groups in total. The highest BCUT2D eigenvalue weighted by atomic mass is 32.2. The molecule has 48 heavy (non-hydrogen) atoms. The third kappa shape index (κ3) is 3.75. The fourth-order valence-corrected chi connectivity index (χ4v) is 7.10. The first-order chi connectivity index (χ1) is 22.2. The van der Waals surface area contributed by atoms with Gasteiger partial charge in [0, 0.05) is 0 Å². The smallest absolute Gasteiger partial charge is 0.296 e. The second-order valence-electron chi connectivity index (χ2n) is 10.4. The molecule has 0 aliphatic carbocycles. The highest BCUT2D eigenvalue weighted by Gasteiger charge is 2.31. The summed E-state index contributed by atoms with van der Waals surface area (Å²) in [5, 5.41) is 14.7. The maximum absolute atomic E-state index is 13.5. The number of benzene rings is 3. The van der Waals surface area contributed by atoms with Gasteiger partial charge in [0.2, 0.25) is 0 Å². The Kier molecular flexibility index (Phi) is 5.76. The van der Waals surface area contributed by atoms with Crippen LogP contribution in [0, 0.1) is 0 Å². The van der Waals surface area contributed by atoms with E-state index in [1.54, 1.807) is 0 Å². The Bertz CT molecular complexity index is 2990. The molecule has 0 aliphatic heterocycles. The van der Waals surface area contributed by atoms with Crippen molar-refractivity contribution in [2.75, 3.05) is 0 Å². The fraction of sp³-hybridized carbons (Fsp3) is 0. The number of rotatable bonds is 4. The van der Waals surface area contributed by atoms with Crippen molar-refractivity contribution in [2.45, 2.75) is 9.79 Å². The molecule has 7 aromatic rings. The first kappa shape index (κ1) is 30.3. The molecule has 0 amide bonds. The molecular formula is C26H10N4O16S2. The summed E-state index contributed by atoms with van der Waals surface area (Å²) in [7, 11) is -11.3. The molecule has 20 nitrogen and oxygen atoms in total. The molecule has 0 radical (unpaired) electrons. The van der Waals surface area contributed by atoms with Crippen LogP contribution < -0.4 is 44.5 Å². The summed E-state index contributed by atoms with van der Waals surface area (Å²) in [5.41, 5.74) is -13.1. The van der Waals surface area contributed by atoms with Crippen LogP contribution in [0.2, 0.25) is 0 Å². The number of hydrogen-bond acceptors (Lipinski definition) is 14. The van der Waals surface area contributed by atoms with Crippen molar-refractivity contribution in [3.05, 3.63) is 119 Å². The molecule has 4 aromatic heterocycles. The van der Waals surface area contributed by atoms with E-state index >= 15 is 0 Å². The van der Waals surface area contributed by atoms with Crippen LogP contribution in [-0.2, 0) is 20.2 Å². The average molecular weight is 699 g/mol. The standard InChI is InChI=1S/C26H10N4O16S2/c31-19-7-1-11-12(24(36)29(39)23(11)35)2-8(7)20(32)27(19)15-5-16(18(48(44,45)46)6-17(15)47(41,42)43)28-21(33)9-3-13-14(4-10(9)22(28)34)26(38)30(40)25(13)37/h1-6,39-40H,(H,41,42,43)(H,44,45,46). The van der Waals surface area contributed by atoms with Crippen molar-refractivity contribution in [2.24, 2.45) is 0 Å². The van der Waals surface area contributed by atoms with Gasteiger partial charge in [0.15, 0.2) is 0 Å². The number of hydrogen-bond donors (Lipinski definition) is 4. The lowest BCUT2D eigenvalue weighted by Crippen LogP contribution is -2.29. The fourth-order valence-electron chi connectivity index (χ4n) is 5.66. The zero-order chi connectivity index (χ0) is 35.1. The van der Waals surface area contributed by atoms with E-state index in [-0.39, 0.29) is 24.7 Å². The van der Waals surface area contributed by atoms with Gasteiger partial charge in [-0.2, -0.15) is 16.8 Å². The summed E-state index contributed by atoms with van der Waals surface area (Å²) in [6.45, 7) is 0. The molecule has 0 aliphatic rings. The van der Waals surface area contributed by atoms with Gasteiger partial charge in [0.1, 0.15) is 9.79 Å². The van der Waals surface area contributed by atoms with Crippen molar-refractivity contribution >= 4 is 63.3 Å². The van der Waals surface area contributed by atoms with Crippen molar-refractivity contribution in [3.63, 3.8) is 0 Å². The van der Waals surface area contributed by atoms with Crippen LogP contribution in [0.15, 0.2) is 84.5 Å². The summed E-state index contributed by atoms with van der Waals surface area (Å²) in [6, 6.07) is 3.30. The van der Waals surface area contributed by atoms with Gasteiger partial charge < -0.3 is 10.4 Å². The van der Waals surface area contributed by atoms with Gasteiger partial charge in [0.25, 0.3) is 64.7 Å². The monoisotopic (exact) mass is 698 g/mol. The molecule has 0 atom stereocenters. The predicted molar refractivity (Wildman–Crippen MR) is 160 cm³/mol. The zero-order valence-corrected chi connectivity index (χ0v) is 24.4. The third-order valence-corrected chi connectivity index (χ3v) is 9.58. The largest absolute Gasteiger partial charge is 0.422 e. The van der Waals surface area contributed by atoms with Crippen molar-refractivity contribution in [1.29, 1.82) is 0 Å². The quantitative estimate of drug-likeness (QED) is 0.106. The van der Waals surface area contributed by atoms with Crippen LogP contribution in [-0.4, -0.2) is 55.0 Å². The highest BCUT2D eigenvalue weighted by Crippen LogP contribution is 2.30. The maximum Gasteiger partial charge on any atom is 0.296 e. The van der Waals surface area contributed by atoms with Crippen LogP contribution in [0.3, 0.4) is 0 Å². The summed E-state index contributed by atoms with van der Waals surface area (Å²) in [4.78, 5) is 100. The van der Waals surface area contributed by atoms with E-state index in [0.717, 1.165) is 24.3 Å². The van der Waals surface area contributed by atoms with Crippen LogP contribution in [0.1, 0.15) is 0 Å². The summed E-state index contributed by atoms with van der Waals surface area (Å²) >= 11 is 0. The Morgan fingerprint density at radius 2 is 0.604 bits per heavy atom. The highest BCUT2D eigenvalue weighted by molar-refractivity contribution is 7.86. The lowest BCUT2D eigenvalue weighted by Gasteiger charge is -2.13. The Labute approximate surface area is 258 Å². The maximum atomic E-state index is 13.5. The van der Waals surface area contributed by atoms with Gasteiger partial charge in [-0.3, -0.25) is 47.5 Å². The zero-order valence-electron chi connectivity index (χ0n) is 22.8. The molecule has 0 bridgehead atoms. The molecule has 0 spiro atoms. The second-order valence-corrected chi connectivity index (χ2v) is 13.1. The Morgan fingerprint density at radius 1 is 0.375 bits per heavy atom. The molecule has 0 unspecified atom stereocenters. The van der Waals surface area contributed by atoms with Crippen LogP contribution in [0.5, 0.6) is 0 Å². The first-order valence-corrected chi connectivity index (χ1v) is 15.6. The Hall–Kier alpha value is -6.36. The minimum Gasteiger partial charge on any atom is -0.422 e. The lowest BCUT2D eigenvalue weighted by atomic mass is 10.1. The van der Waals surface area contributed by atoms with E-state index in [1.165, 1.54) is 0 Å². The molecule has 3 aromatic carbocycles. The van der Waals surface area contributed by atoms with Crippen molar-refractivity contribution in [3.8, 4) is 11.4 Å². The van der Waals surface area contributed by atoms with E-state index in [1.807, 2.05) is 0 Å². The van der Waals surface area contributed by atoms with Crippen molar-refractivity contribution in [1.82, 2.24) is 18.6 Å². The van der Waals surface area contributed by atoms with E-state index in [9.17, 15) is 74.7 Å². The number of aromatic nitrogens is 4. The molecule has 7 rings (SSSR count). The van der Waals surface area contributed by atoms with Gasteiger partial charge in [-0.1, -0.05) is 0 Å². The Balaban J connectivity index is 1.66. The Morgan fingerprint density at radius 3 is 0.833 bits per heavy atom. The van der Waals surface area contributed by atoms with E-state index in [2.05, 4.69) is 0 Å². The van der Waals surface area contributed by atoms with E-state index in [0.29, 0.717) is 6.07 Å². The van der Waals surface area contributed by atoms with Gasteiger partial charge in [-0.05, 0) is 36.4 Å². The third-order valence-electron chi connectivity index (χ3n) is 7.82. The lowest BCUT2D eigenvalue weighted by molar-refractivity contribution is 0.170. The normalized spacial score (nSPS) is 12.7.